The van der Waals surface area contributed by atoms with Crippen molar-refractivity contribution in [3.05, 3.63) is 47.1 Å². The Hall–Kier alpha value is -2.27. The summed E-state index contributed by atoms with van der Waals surface area (Å²) < 4.78 is 5.35. The van der Waals surface area contributed by atoms with Gasteiger partial charge in [0.1, 0.15) is 11.6 Å². The maximum Gasteiger partial charge on any atom is 0.262 e. The number of hydrogen-bond donors (Lipinski definition) is 2. The summed E-state index contributed by atoms with van der Waals surface area (Å²) in [5.74, 6) is 0.587. The van der Waals surface area contributed by atoms with Gasteiger partial charge >= 0.3 is 0 Å². The van der Waals surface area contributed by atoms with Crippen LogP contribution in [0.4, 0.5) is 11.5 Å². The first-order valence-electron chi connectivity index (χ1n) is 5.96. The van der Waals surface area contributed by atoms with Gasteiger partial charge < -0.3 is 15.8 Å². The predicted octanol–water partition coefficient (Wildman–Crippen LogP) is 2.64. The van der Waals surface area contributed by atoms with Crippen molar-refractivity contribution in [1.82, 2.24) is 4.98 Å². The Labute approximate surface area is 121 Å². The van der Waals surface area contributed by atoms with E-state index in [1.807, 2.05) is 0 Å². The molecule has 0 unspecified atom stereocenters. The quantitative estimate of drug-likeness (QED) is 0.908. The second kappa shape index (κ2) is 6.25. The number of carbonyl (C=O) groups excluding carboxylic acids is 1. The molecule has 0 fully saturated rings. The molecule has 1 aromatic heterocycles. The molecule has 104 valence electrons. The number of ether oxygens (including phenoxy) is 1. The lowest BCUT2D eigenvalue weighted by molar-refractivity contribution is -0.118. The second-order valence-electron chi connectivity index (χ2n) is 4.14. The molecule has 0 aliphatic heterocycles. The summed E-state index contributed by atoms with van der Waals surface area (Å²) in [5, 5.41) is 3.17. The number of nitrogen functional groups attached to an aromatic ring is 1. The van der Waals surface area contributed by atoms with E-state index in [4.69, 9.17) is 22.1 Å². The minimum atomic E-state index is -0.292. The maximum atomic E-state index is 11.8. The zero-order valence-electron chi connectivity index (χ0n) is 10.9. The number of benzene rings is 1. The summed E-state index contributed by atoms with van der Waals surface area (Å²) >= 11 is 5.93. The van der Waals surface area contributed by atoms with Crippen LogP contribution in [0.5, 0.6) is 5.75 Å². The summed E-state index contributed by atoms with van der Waals surface area (Å²) in [4.78, 5) is 15.9. The largest absolute Gasteiger partial charge is 0.482 e. The van der Waals surface area contributed by atoms with E-state index in [0.717, 1.165) is 0 Å². The van der Waals surface area contributed by atoms with Crippen molar-refractivity contribution >= 4 is 29.0 Å². The summed E-state index contributed by atoms with van der Waals surface area (Å²) in [6, 6.07) is 10.3. The van der Waals surface area contributed by atoms with Crippen molar-refractivity contribution < 1.29 is 9.53 Å². The summed E-state index contributed by atoms with van der Waals surface area (Å²) in [5.41, 5.74) is 6.80. The fraction of sp³-hybridized carbons (Fsp3) is 0.143. The first kappa shape index (κ1) is 14.1. The highest BCUT2D eigenvalue weighted by Crippen LogP contribution is 2.23. The minimum absolute atomic E-state index is 0.131. The molecule has 1 aromatic carbocycles. The molecular formula is C14H14ClN3O2. The molecule has 2 aromatic rings. The molecule has 1 heterocycles. The molecular weight excluding hydrogens is 278 g/mol. The smallest absolute Gasteiger partial charge is 0.262 e. The monoisotopic (exact) mass is 291 g/mol. The number of hydrogen-bond acceptors (Lipinski definition) is 4. The van der Waals surface area contributed by atoms with Crippen LogP contribution in [0.2, 0.25) is 5.02 Å². The lowest BCUT2D eigenvalue weighted by Crippen LogP contribution is -2.21. The molecule has 3 N–H and O–H groups in total. The number of halogens is 1. The Kier molecular flexibility index (Phi) is 4.42. The number of rotatable bonds is 4. The molecule has 0 spiro atoms. The Balaban J connectivity index is 1.94. The third-order valence-corrected chi connectivity index (χ3v) is 2.89. The molecule has 20 heavy (non-hydrogen) atoms. The molecule has 2 rings (SSSR count). The Morgan fingerprint density at radius 3 is 2.80 bits per heavy atom. The number of nitrogens with two attached hydrogens (primary N) is 1. The van der Waals surface area contributed by atoms with Gasteiger partial charge in [-0.15, -0.1) is 0 Å². The van der Waals surface area contributed by atoms with Crippen LogP contribution in [0.25, 0.3) is 0 Å². The lowest BCUT2D eigenvalue weighted by atomic mass is 10.3. The van der Waals surface area contributed by atoms with Gasteiger partial charge in [0.25, 0.3) is 5.91 Å². The van der Waals surface area contributed by atoms with Crippen LogP contribution >= 0.6 is 11.6 Å². The number of pyridine rings is 1. The molecule has 0 bridgehead atoms. The average molecular weight is 292 g/mol. The molecule has 0 saturated heterocycles. The van der Waals surface area contributed by atoms with Gasteiger partial charge in [-0.2, -0.15) is 0 Å². The Morgan fingerprint density at radius 2 is 2.10 bits per heavy atom. The first-order valence-corrected chi connectivity index (χ1v) is 6.34. The number of anilines is 2. The van der Waals surface area contributed by atoms with Crippen molar-refractivity contribution in [2.24, 2.45) is 0 Å². The van der Waals surface area contributed by atoms with Gasteiger partial charge in [0, 0.05) is 0 Å². The average Bonchev–Trinajstić information content (AvgIpc) is 2.41. The normalized spacial score (nSPS) is 10.1. The van der Waals surface area contributed by atoms with E-state index >= 15 is 0 Å². The topological polar surface area (TPSA) is 77.2 Å². The van der Waals surface area contributed by atoms with Crippen LogP contribution < -0.4 is 15.8 Å². The number of para-hydroxylation sites is 1. The number of aromatic nitrogens is 1. The zero-order valence-corrected chi connectivity index (χ0v) is 11.6. The van der Waals surface area contributed by atoms with Crippen LogP contribution in [-0.2, 0) is 4.79 Å². The van der Waals surface area contributed by atoms with Gasteiger partial charge in [-0.25, -0.2) is 4.98 Å². The third kappa shape index (κ3) is 3.61. The SMILES string of the molecule is Cc1nc(N)ccc1NC(=O)COc1ccccc1Cl. The maximum absolute atomic E-state index is 11.8. The summed E-state index contributed by atoms with van der Waals surface area (Å²) in [7, 11) is 0. The van der Waals surface area contributed by atoms with Gasteiger partial charge in [-0.05, 0) is 31.2 Å². The van der Waals surface area contributed by atoms with E-state index in [2.05, 4.69) is 10.3 Å². The number of aryl methyl sites for hydroxylation is 1. The van der Waals surface area contributed by atoms with E-state index < -0.39 is 0 Å². The van der Waals surface area contributed by atoms with Crippen LogP contribution in [-0.4, -0.2) is 17.5 Å². The molecule has 6 heteroatoms. The van der Waals surface area contributed by atoms with Crippen LogP contribution in [0.15, 0.2) is 36.4 Å². The highest BCUT2D eigenvalue weighted by atomic mass is 35.5. The third-order valence-electron chi connectivity index (χ3n) is 2.58. The van der Waals surface area contributed by atoms with E-state index in [1.165, 1.54) is 0 Å². The van der Waals surface area contributed by atoms with Crippen molar-refractivity contribution in [3.63, 3.8) is 0 Å². The van der Waals surface area contributed by atoms with Crippen LogP contribution in [0.3, 0.4) is 0 Å². The van der Waals surface area contributed by atoms with Crippen molar-refractivity contribution in [1.29, 1.82) is 0 Å². The Bertz CT molecular complexity index is 632. The van der Waals surface area contributed by atoms with Crippen molar-refractivity contribution in [2.45, 2.75) is 6.92 Å². The zero-order chi connectivity index (χ0) is 14.5. The van der Waals surface area contributed by atoms with Crippen molar-refractivity contribution in [2.75, 3.05) is 17.7 Å². The molecule has 5 nitrogen and oxygen atoms in total. The number of nitrogens with one attached hydrogen (secondary N) is 1. The van der Waals surface area contributed by atoms with Gasteiger partial charge in [0.2, 0.25) is 0 Å². The summed E-state index contributed by atoms with van der Waals surface area (Å²) in [6.45, 7) is 1.63. The Morgan fingerprint density at radius 1 is 1.35 bits per heavy atom. The predicted molar refractivity (Wildman–Crippen MR) is 79.0 cm³/mol. The van der Waals surface area contributed by atoms with E-state index in [0.29, 0.717) is 28.0 Å². The molecule has 0 saturated carbocycles. The van der Waals surface area contributed by atoms with Gasteiger partial charge in [0.05, 0.1) is 16.4 Å². The van der Waals surface area contributed by atoms with Crippen LogP contribution in [0, 0.1) is 6.92 Å². The van der Waals surface area contributed by atoms with E-state index in [9.17, 15) is 4.79 Å². The van der Waals surface area contributed by atoms with Gasteiger partial charge in [-0.1, -0.05) is 23.7 Å². The molecule has 0 radical (unpaired) electrons. The molecule has 0 aliphatic carbocycles. The molecule has 1 amide bonds. The second-order valence-corrected chi connectivity index (χ2v) is 4.54. The fourth-order valence-corrected chi connectivity index (χ4v) is 1.79. The standard InChI is InChI=1S/C14H14ClN3O2/c1-9-11(6-7-13(16)17-9)18-14(19)8-20-12-5-3-2-4-10(12)15/h2-7H,8H2,1H3,(H2,16,17)(H,18,19). The highest BCUT2D eigenvalue weighted by molar-refractivity contribution is 6.32. The summed E-state index contributed by atoms with van der Waals surface area (Å²) in [6.07, 6.45) is 0. The molecule has 0 atom stereocenters. The number of carbonyl (C=O) groups is 1. The lowest BCUT2D eigenvalue weighted by Gasteiger charge is -2.10. The number of amides is 1. The minimum Gasteiger partial charge on any atom is -0.482 e. The van der Waals surface area contributed by atoms with E-state index in [1.54, 1.807) is 43.3 Å². The van der Waals surface area contributed by atoms with Gasteiger partial charge in [-0.3, -0.25) is 4.79 Å². The van der Waals surface area contributed by atoms with Crippen LogP contribution in [0.1, 0.15) is 5.69 Å². The fourth-order valence-electron chi connectivity index (χ4n) is 1.60. The highest BCUT2D eigenvalue weighted by Gasteiger charge is 2.08. The van der Waals surface area contributed by atoms with E-state index in [-0.39, 0.29) is 12.5 Å². The first-order chi connectivity index (χ1) is 9.56. The van der Waals surface area contributed by atoms with Crippen molar-refractivity contribution in [3.8, 4) is 5.75 Å². The number of nitrogens with zero attached hydrogens (tertiary/aromatic N) is 1. The van der Waals surface area contributed by atoms with Gasteiger partial charge in [0.15, 0.2) is 6.61 Å². The molecule has 0 aliphatic rings.